The van der Waals surface area contributed by atoms with E-state index in [1.54, 1.807) is 0 Å². The fourth-order valence-corrected chi connectivity index (χ4v) is 2.92. The van der Waals surface area contributed by atoms with E-state index in [0.29, 0.717) is 0 Å². The number of aromatic amines is 1. The highest BCUT2D eigenvalue weighted by Crippen LogP contribution is 2.29. The summed E-state index contributed by atoms with van der Waals surface area (Å²) < 4.78 is 0. The number of aryl methyl sites for hydroxylation is 1. The maximum atomic E-state index is 4.78. The maximum absolute atomic E-state index is 4.78. The van der Waals surface area contributed by atoms with Gasteiger partial charge in [0.2, 0.25) is 0 Å². The summed E-state index contributed by atoms with van der Waals surface area (Å²) in [4.78, 5) is 12.7. The second kappa shape index (κ2) is 5.97. The Hall–Kier alpha value is -2.07. The zero-order valence-electron chi connectivity index (χ0n) is 13.8. The molecule has 3 rings (SSSR count). The van der Waals surface area contributed by atoms with Gasteiger partial charge in [-0.1, -0.05) is 18.2 Å². The molecule has 2 aromatic heterocycles. The van der Waals surface area contributed by atoms with Gasteiger partial charge in [-0.05, 0) is 46.1 Å². The van der Waals surface area contributed by atoms with Gasteiger partial charge in [0.05, 0.1) is 11.2 Å². The van der Waals surface area contributed by atoms with Crippen LogP contribution < -0.4 is 4.90 Å². The third kappa shape index (κ3) is 2.79. The molecule has 0 atom stereocenters. The Bertz CT molecular complexity index is 788. The zero-order valence-corrected chi connectivity index (χ0v) is 13.8. The Balaban J connectivity index is 1.95. The molecule has 0 amide bonds. The second-order valence-corrected chi connectivity index (χ2v) is 6.24. The first-order valence-corrected chi connectivity index (χ1v) is 7.80. The lowest BCUT2D eigenvalue weighted by Gasteiger charge is -2.20. The molecular weight excluding hydrogens is 272 g/mol. The molecule has 22 heavy (non-hydrogen) atoms. The first-order chi connectivity index (χ1) is 10.6. The number of hydrogen-bond acceptors (Lipinski definition) is 3. The number of para-hydroxylation sites is 1. The molecule has 4 nitrogen and oxygen atoms in total. The summed E-state index contributed by atoms with van der Waals surface area (Å²) in [7, 11) is 6.35. The SMILES string of the molecule is Cc1nc(N(C)CCCN(C)C)cc2c1[nH]c1ccccc12. The van der Waals surface area contributed by atoms with E-state index in [2.05, 4.69) is 73.2 Å². The number of anilines is 1. The third-order valence-electron chi connectivity index (χ3n) is 4.15. The van der Waals surface area contributed by atoms with E-state index in [4.69, 9.17) is 4.98 Å². The second-order valence-electron chi connectivity index (χ2n) is 6.24. The topological polar surface area (TPSA) is 35.2 Å². The number of fused-ring (bicyclic) bond motifs is 3. The first kappa shape index (κ1) is 14.9. The van der Waals surface area contributed by atoms with Gasteiger partial charge in [-0.25, -0.2) is 4.98 Å². The lowest BCUT2D eigenvalue weighted by molar-refractivity contribution is 0.401. The maximum Gasteiger partial charge on any atom is 0.129 e. The van der Waals surface area contributed by atoms with Crippen LogP contribution in [0, 0.1) is 6.92 Å². The summed E-state index contributed by atoms with van der Waals surface area (Å²) in [6, 6.07) is 10.6. The molecule has 0 aliphatic carbocycles. The fraction of sp³-hybridized carbons (Fsp3) is 0.389. The van der Waals surface area contributed by atoms with Gasteiger partial charge in [-0.3, -0.25) is 0 Å². The molecule has 0 fully saturated rings. The van der Waals surface area contributed by atoms with E-state index in [-0.39, 0.29) is 0 Å². The summed E-state index contributed by atoms with van der Waals surface area (Å²) >= 11 is 0. The van der Waals surface area contributed by atoms with Crippen LogP contribution >= 0.6 is 0 Å². The molecule has 0 saturated heterocycles. The van der Waals surface area contributed by atoms with Crippen molar-refractivity contribution in [2.24, 2.45) is 0 Å². The highest BCUT2D eigenvalue weighted by atomic mass is 15.2. The van der Waals surface area contributed by atoms with Gasteiger partial charge >= 0.3 is 0 Å². The molecule has 0 bridgehead atoms. The zero-order chi connectivity index (χ0) is 15.7. The van der Waals surface area contributed by atoms with Crippen LogP contribution in [-0.2, 0) is 0 Å². The largest absolute Gasteiger partial charge is 0.360 e. The van der Waals surface area contributed by atoms with E-state index < -0.39 is 0 Å². The molecular formula is C18H24N4. The minimum Gasteiger partial charge on any atom is -0.360 e. The number of benzene rings is 1. The van der Waals surface area contributed by atoms with Crippen LogP contribution in [0.15, 0.2) is 30.3 Å². The van der Waals surface area contributed by atoms with Crippen molar-refractivity contribution in [1.29, 1.82) is 0 Å². The number of pyridine rings is 1. The predicted octanol–water partition coefficient (Wildman–Crippen LogP) is 3.41. The van der Waals surface area contributed by atoms with Crippen molar-refractivity contribution in [2.75, 3.05) is 39.1 Å². The average molecular weight is 296 g/mol. The Morgan fingerprint density at radius 1 is 1.05 bits per heavy atom. The Labute approximate surface area is 131 Å². The summed E-state index contributed by atoms with van der Waals surface area (Å²) in [5.74, 6) is 1.05. The van der Waals surface area contributed by atoms with Gasteiger partial charge in [-0.15, -0.1) is 0 Å². The summed E-state index contributed by atoms with van der Waals surface area (Å²) in [5, 5.41) is 2.53. The summed E-state index contributed by atoms with van der Waals surface area (Å²) in [6.45, 7) is 4.19. The Morgan fingerprint density at radius 2 is 1.82 bits per heavy atom. The van der Waals surface area contributed by atoms with Gasteiger partial charge in [0.1, 0.15) is 5.82 Å². The van der Waals surface area contributed by atoms with Crippen molar-refractivity contribution < 1.29 is 0 Å². The van der Waals surface area contributed by atoms with E-state index >= 15 is 0 Å². The molecule has 0 aliphatic heterocycles. The van der Waals surface area contributed by atoms with Gasteiger partial charge in [0.15, 0.2) is 0 Å². The molecule has 116 valence electrons. The molecule has 0 aliphatic rings. The minimum absolute atomic E-state index is 1.01. The molecule has 1 N–H and O–H groups in total. The van der Waals surface area contributed by atoms with Crippen molar-refractivity contribution in [3.63, 3.8) is 0 Å². The average Bonchev–Trinajstić information content (AvgIpc) is 2.86. The highest BCUT2D eigenvalue weighted by molar-refractivity contribution is 6.08. The van der Waals surface area contributed by atoms with E-state index in [9.17, 15) is 0 Å². The van der Waals surface area contributed by atoms with Crippen molar-refractivity contribution in [2.45, 2.75) is 13.3 Å². The van der Waals surface area contributed by atoms with Crippen LogP contribution in [0.1, 0.15) is 12.1 Å². The summed E-state index contributed by atoms with van der Waals surface area (Å²) in [5.41, 5.74) is 3.38. The van der Waals surface area contributed by atoms with Gasteiger partial charge < -0.3 is 14.8 Å². The van der Waals surface area contributed by atoms with Crippen molar-refractivity contribution in [3.05, 3.63) is 36.0 Å². The van der Waals surface area contributed by atoms with Crippen molar-refractivity contribution in [3.8, 4) is 0 Å². The van der Waals surface area contributed by atoms with Crippen LogP contribution in [0.25, 0.3) is 21.8 Å². The van der Waals surface area contributed by atoms with Crippen LogP contribution in [0.3, 0.4) is 0 Å². The Kier molecular flexibility index (Phi) is 4.03. The highest BCUT2D eigenvalue weighted by Gasteiger charge is 2.11. The molecule has 1 aromatic carbocycles. The molecule has 0 spiro atoms. The van der Waals surface area contributed by atoms with E-state index in [0.717, 1.165) is 36.5 Å². The number of nitrogens with one attached hydrogen (secondary N) is 1. The van der Waals surface area contributed by atoms with Crippen molar-refractivity contribution >= 4 is 27.6 Å². The number of H-pyrrole nitrogens is 1. The van der Waals surface area contributed by atoms with Crippen LogP contribution in [0.5, 0.6) is 0 Å². The summed E-state index contributed by atoms with van der Waals surface area (Å²) in [6.07, 6.45) is 1.14. The lowest BCUT2D eigenvalue weighted by atomic mass is 10.1. The standard InChI is InChI=1S/C18H24N4/c1-13-18-15(14-8-5-6-9-16(14)20-18)12-17(19-13)22(4)11-7-10-21(2)3/h5-6,8-9,12,20H,7,10-11H2,1-4H3. The lowest BCUT2D eigenvalue weighted by Crippen LogP contribution is -2.24. The van der Waals surface area contributed by atoms with E-state index in [1.165, 1.54) is 16.3 Å². The number of nitrogens with zero attached hydrogens (tertiary/aromatic N) is 3. The van der Waals surface area contributed by atoms with E-state index in [1.807, 2.05) is 0 Å². The van der Waals surface area contributed by atoms with Gasteiger partial charge in [-0.2, -0.15) is 0 Å². The quantitative estimate of drug-likeness (QED) is 0.783. The molecule has 2 heterocycles. The molecule has 0 saturated carbocycles. The first-order valence-electron chi connectivity index (χ1n) is 7.80. The predicted molar refractivity (Wildman–Crippen MR) is 94.8 cm³/mol. The van der Waals surface area contributed by atoms with Crippen molar-refractivity contribution in [1.82, 2.24) is 14.9 Å². The normalized spacial score (nSPS) is 11.7. The molecule has 0 radical (unpaired) electrons. The smallest absolute Gasteiger partial charge is 0.129 e. The van der Waals surface area contributed by atoms with Crippen LogP contribution in [0.2, 0.25) is 0 Å². The number of aromatic nitrogens is 2. The van der Waals surface area contributed by atoms with Gasteiger partial charge in [0.25, 0.3) is 0 Å². The van der Waals surface area contributed by atoms with Gasteiger partial charge in [0, 0.05) is 29.9 Å². The number of rotatable bonds is 5. The Morgan fingerprint density at radius 3 is 2.59 bits per heavy atom. The van der Waals surface area contributed by atoms with Crippen LogP contribution in [0.4, 0.5) is 5.82 Å². The molecule has 4 heteroatoms. The van der Waals surface area contributed by atoms with Crippen LogP contribution in [-0.4, -0.2) is 49.1 Å². The number of hydrogen-bond donors (Lipinski definition) is 1. The third-order valence-corrected chi connectivity index (χ3v) is 4.15. The molecule has 0 unspecified atom stereocenters. The molecule has 3 aromatic rings. The fourth-order valence-electron chi connectivity index (χ4n) is 2.92. The minimum atomic E-state index is 1.01. The monoisotopic (exact) mass is 296 g/mol.